The number of aromatic amines is 1. The van der Waals surface area contributed by atoms with E-state index in [9.17, 15) is 19.5 Å². The second-order valence-corrected chi connectivity index (χ2v) is 13.1. The normalized spacial score (nSPS) is 34.8. The van der Waals surface area contributed by atoms with Gasteiger partial charge >= 0.3 is 0 Å². The molecular formula is C31H39N5O5. The zero-order valence-corrected chi connectivity index (χ0v) is 24.3. The molecule has 1 unspecified atom stereocenters. The molecule has 1 aromatic carbocycles. The van der Waals surface area contributed by atoms with Gasteiger partial charge in [0, 0.05) is 42.1 Å². The summed E-state index contributed by atoms with van der Waals surface area (Å²) >= 11 is 0. The van der Waals surface area contributed by atoms with Crippen LogP contribution in [0.4, 0.5) is 0 Å². The number of benzene rings is 1. The summed E-state index contributed by atoms with van der Waals surface area (Å²) in [5.41, 5.74) is 2.78. The lowest BCUT2D eigenvalue weighted by Gasteiger charge is -2.49. The Kier molecular flexibility index (Phi) is 5.79. The van der Waals surface area contributed by atoms with Crippen LogP contribution < -0.4 is 5.32 Å². The third-order valence-electron chi connectivity index (χ3n) is 10.1. The largest absolute Gasteiger partial charge is 0.361 e. The van der Waals surface area contributed by atoms with E-state index in [1.165, 1.54) is 15.8 Å². The van der Waals surface area contributed by atoms with Gasteiger partial charge in [-0.15, -0.1) is 0 Å². The maximum absolute atomic E-state index is 14.3. The van der Waals surface area contributed by atoms with Crippen molar-refractivity contribution in [2.45, 2.75) is 76.7 Å². The van der Waals surface area contributed by atoms with Gasteiger partial charge < -0.3 is 20.3 Å². The number of aliphatic hydroxyl groups is 1. The quantitative estimate of drug-likeness (QED) is 0.526. The van der Waals surface area contributed by atoms with Crippen LogP contribution in [0, 0.1) is 17.8 Å². The summed E-state index contributed by atoms with van der Waals surface area (Å²) in [6.07, 6.45) is 6.21. The number of hydrogen-bond donors (Lipinski definition) is 3. The first-order chi connectivity index (χ1) is 19.5. The third kappa shape index (κ3) is 3.50. The number of ether oxygens (including phenoxy) is 1. The predicted molar refractivity (Wildman–Crippen MR) is 152 cm³/mol. The molecule has 4 aliphatic heterocycles. The molecule has 3 saturated heterocycles. The molecule has 41 heavy (non-hydrogen) atoms. The van der Waals surface area contributed by atoms with Crippen LogP contribution >= 0.6 is 0 Å². The van der Waals surface area contributed by atoms with E-state index in [4.69, 9.17) is 4.74 Å². The lowest BCUT2D eigenvalue weighted by Crippen LogP contribution is -2.72. The second-order valence-electron chi connectivity index (χ2n) is 13.1. The van der Waals surface area contributed by atoms with Crippen LogP contribution in [0.25, 0.3) is 16.5 Å². The molecule has 1 aliphatic carbocycles. The molecule has 0 saturated carbocycles. The van der Waals surface area contributed by atoms with Crippen LogP contribution in [0.5, 0.6) is 0 Å². The number of rotatable bonds is 4. The van der Waals surface area contributed by atoms with Crippen LogP contribution in [0.3, 0.4) is 0 Å². The Balaban J connectivity index is 1.25. The van der Waals surface area contributed by atoms with Crippen LogP contribution in [-0.4, -0.2) is 92.4 Å². The van der Waals surface area contributed by atoms with Gasteiger partial charge in [-0.3, -0.25) is 28.9 Å². The number of nitrogens with zero attached hydrogens (tertiary/aromatic N) is 3. The Morgan fingerprint density at radius 3 is 2.73 bits per heavy atom. The van der Waals surface area contributed by atoms with Crippen molar-refractivity contribution >= 4 is 34.2 Å². The maximum atomic E-state index is 14.3. The van der Waals surface area contributed by atoms with Gasteiger partial charge in [0.1, 0.15) is 12.1 Å². The van der Waals surface area contributed by atoms with Gasteiger partial charge in [-0.05, 0) is 55.0 Å². The van der Waals surface area contributed by atoms with Crippen LogP contribution in [-0.2, 0) is 25.5 Å². The van der Waals surface area contributed by atoms with Gasteiger partial charge in [0.2, 0.25) is 17.5 Å². The molecule has 3 amide bonds. The minimum atomic E-state index is -2.01. The fourth-order valence-electron chi connectivity index (χ4n) is 7.97. The molecule has 5 heterocycles. The van der Waals surface area contributed by atoms with E-state index < -0.39 is 41.5 Å². The van der Waals surface area contributed by atoms with Gasteiger partial charge in [0.15, 0.2) is 0 Å². The van der Waals surface area contributed by atoms with Crippen molar-refractivity contribution in [3.05, 3.63) is 41.6 Å². The van der Waals surface area contributed by atoms with E-state index in [1.54, 1.807) is 18.7 Å². The number of carbonyl (C=O) groups is 3. The van der Waals surface area contributed by atoms with Gasteiger partial charge in [0.25, 0.3) is 11.8 Å². The topological polar surface area (TPSA) is 118 Å². The molecule has 2 aromatic rings. The first kappa shape index (κ1) is 26.7. The lowest BCUT2D eigenvalue weighted by molar-refractivity contribution is -0.323. The molecule has 5 aliphatic rings. The fraction of sp³-hybridized carbons (Fsp3) is 0.581. The lowest BCUT2D eigenvalue weighted by atomic mass is 9.79. The van der Waals surface area contributed by atoms with Crippen molar-refractivity contribution < 1.29 is 24.2 Å². The van der Waals surface area contributed by atoms with Crippen molar-refractivity contribution in [3.8, 4) is 0 Å². The minimum Gasteiger partial charge on any atom is -0.361 e. The molecule has 10 heteroatoms. The first-order valence-corrected chi connectivity index (χ1v) is 14.9. The molecule has 218 valence electrons. The molecule has 3 N–H and O–H groups in total. The molecule has 10 nitrogen and oxygen atoms in total. The number of nitrogens with one attached hydrogen (secondary N) is 2. The number of fused-ring (bicyclic) bond motifs is 5. The summed E-state index contributed by atoms with van der Waals surface area (Å²) in [5, 5.41) is 16.2. The number of piperazine rings is 1. The molecule has 3 fully saturated rings. The highest BCUT2D eigenvalue weighted by atomic mass is 16.7. The van der Waals surface area contributed by atoms with Gasteiger partial charge in [-0.25, -0.2) is 0 Å². The second kappa shape index (κ2) is 8.89. The molecule has 0 radical (unpaired) electrons. The number of H-pyrrole nitrogens is 1. The van der Waals surface area contributed by atoms with E-state index in [0.717, 1.165) is 23.1 Å². The number of likely N-dealkylation sites (N-methyl/N-ethyl adjacent to an activating group) is 1. The summed E-state index contributed by atoms with van der Waals surface area (Å²) in [6, 6.07) is 4.80. The molecule has 6 atom stereocenters. The van der Waals surface area contributed by atoms with E-state index in [0.29, 0.717) is 25.9 Å². The van der Waals surface area contributed by atoms with Crippen LogP contribution in [0.1, 0.15) is 51.7 Å². The van der Waals surface area contributed by atoms with Crippen molar-refractivity contribution in [2.75, 3.05) is 20.1 Å². The highest BCUT2D eigenvalue weighted by Crippen LogP contribution is 2.49. The highest BCUT2D eigenvalue weighted by Gasteiger charge is 2.72. The Morgan fingerprint density at radius 2 is 2.00 bits per heavy atom. The monoisotopic (exact) mass is 561 g/mol. The number of amides is 3. The minimum absolute atomic E-state index is 0.150. The van der Waals surface area contributed by atoms with Crippen molar-refractivity contribution in [3.63, 3.8) is 0 Å². The Labute approximate surface area is 239 Å². The summed E-state index contributed by atoms with van der Waals surface area (Å²) < 4.78 is 6.40. The number of aromatic nitrogens is 1. The fourth-order valence-corrected chi connectivity index (χ4v) is 7.97. The first-order valence-electron chi connectivity index (χ1n) is 14.9. The van der Waals surface area contributed by atoms with Crippen molar-refractivity contribution in [1.29, 1.82) is 0 Å². The summed E-state index contributed by atoms with van der Waals surface area (Å²) in [5.74, 6) is -4.36. The van der Waals surface area contributed by atoms with E-state index in [2.05, 4.69) is 33.5 Å². The van der Waals surface area contributed by atoms with Gasteiger partial charge in [-0.2, -0.15) is 0 Å². The zero-order chi connectivity index (χ0) is 29.0. The molecule has 1 aromatic heterocycles. The molecule has 0 bridgehead atoms. The molecular weight excluding hydrogens is 522 g/mol. The average molecular weight is 562 g/mol. The zero-order valence-electron chi connectivity index (χ0n) is 24.3. The predicted octanol–water partition coefficient (Wildman–Crippen LogP) is 2.04. The van der Waals surface area contributed by atoms with Gasteiger partial charge in [0.05, 0.1) is 5.92 Å². The van der Waals surface area contributed by atoms with Crippen molar-refractivity contribution in [1.82, 2.24) is 25.0 Å². The summed E-state index contributed by atoms with van der Waals surface area (Å²) in [6.45, 7) is 8.32. The maximum Gasteiger partial charge on any atom is 0.281 e. The van der Waals surface area contributed by atoms with Crippen molar-refractivity contribution in [2.24, 2.45) is 17.8 Å². The highest BCUT2D eigenvalue weighted by molar-refractivity contribution is 6.01. The Morgan fingerprint density at radius 1 is 1.22 bits per heavy atom. The SMILES string of the molecule is CC(C)C1C(=O)N2CCC[C@H]2[C@]2(O)O[C@@](NC(=O)[C@@H]3C=C4c5cccc6[nH]cc(c56)C[C@H]4N(C)C3)(C(C)C)C(=O)N12. The number of carbonyl (C=O) groups excluding carboxylic acids is 3. The standard InChI is InChI=1S/C31H39N5O5/c1-16(2)26-28(38)35-11-7-10-24(35)31(40)36(26)29(39)30(41-31,17(3)4)33-27(37)19-12-21-20-8-6-9-22-25(20)18(14-32-22)13-23(21)34(5)15-19/h6,8-9,12,14,16-17,19,23-24,26,32,40H,7,10-11,13,15H2,1-5H3,(H,33,37)/t19-,23-,24+,26?,30+,31+/m1/s1. The smallest absolute Gasteiger partial charge is 0.281 e. The number of hydrogen-bond acceptors (Lipinski definition) is 6. The molecule has 7 rings (SSSR count). The average Bonchev–Trinajstić information content (AvgIpc) is 3.64. The summed E-state index contributed by atoms with van der Waals surface area (Å²) in [7, 11) is 2.03. The third-order valence-corrected chi connectivity index (χ3v) is 10.1. The van der Waals surface area contributed by atoms with Gasteiger partial charge in [-0.1, -0.05) is 45.9 Å². The Hall–Kier alpha value is -3.21. The van der Waals surface area contributed by atoms with Crippen LogP contribution in [0.15, 0.2) is 30.5 Å². The van der Waals surface area contributed by atoms with E-state index in [1.807, 2.05) is 33.0 Å². The Bertz CT molecular complexity index is 1500. The van der Waals surface area contributed by atoms with Crippen LogP contribution in [0.2, 0.25) is 0 Å². The van der Waals surface area contributed by atoms with E-state index in [-0.39, 0.29) is 23.8 Å². The van der Waals surface area contributed by atoms with E-state index >= 15 is 0 Å². The summed E-state index contributed by atoms with van der Waals surface area (Å²) in [4.78, 5) is 50.4. The molecule has 0 spiro atoms.